The molecule has 0 atom stereocenters. The quantitative estimate of drug-likeness (QED) is 0.745. The number of rotatable bonds is 6. The first kappa shape index (κ1) is 13.4. The van der Waals surface area contributed by atoms with E-state index in [1.807, 2.05) is 6.92 Å². The zero-order valence-corrected chi connectivity index (χ0v) is 10.4. The lowest BCUT2D eigenvalue weighted by molar-refractivity contribution is 0.0697. The van der Waals surface area contributed by atoms with Crippen LogP contribution in [0, 0.1) is 0 Å². The smallest absolute Gasteiger partial charge is 0.337 e. The Morgan fingerprint density at radius 1 is 1.41 bits per heavy atom. The van der Waals surface area contributed by atoms with E-state index >= 15 is 0 Å². The van der Waals surface area contributed by atoms with E-state index in [0.29, 0.717) is 16.9 Å². The standard InChI is InChI=1S/C13H20N2O2/c1-3-5-8-15(4-2)12-9-10(14)6-7-11(12)13(16)17/h6-7,9H,3-5,8,14H2,1-2H3,(H,16,17). The first-order valence-corrected chi connectivity index (χ1v) is 5.97. The summed E-state index contributed by atoms with van der Waals surface area (Å²) in [5.41, 5.74) is 7.36. The molecular formula is C13H20N2O2. The Kier molecular flexibility index (Phi) is 4.82. The van der Waals surface area contributed by atoms with Gasteiger partial charge < -0.3 is 15.7 Å². The highest BCUT2D eigenvalue weighted by Gasteiger charge is 2.14. The maximum absolute atomic E-state index is 11.2. The molecule has 17 heavy (non-hydrogen) atoms. The summed E-state index contributed by atoms with van der Waals surface area (Å²) in [6.45, 7) is 5.77. The molecule has 3 N–H and O–H groups in total. The van der Waals surface area contributed by atoms with Crippen molar-refractivity contribution in [2.24, 2.45) is 0 Å². The molecule has 0 aliphatic heterocycles. The molecule has 0 bridgehead atoms. The van der Waals surface area contributed by atoms with Crippen LogP contribution >= 0.6 is 0 Å². The average Bonchev–Trinajstić information content (AvgIpc) is 2.29. The van der Waals surface area contributed by atoms with Gasteiger partial charge in [-0.05, 0) is 31.5 Å². The third-order valence-corrected chi connectivity index (χ3v) is 2.76. The minimum absolute atomic E-state index is 0.317. The number of carboxylic acid groups (broad SMARTS) is 1. The topological polar surface area (TPSA) is 66.6 Å². The highest BCUT2D eigenvalue weighted by molar-refractivity contribution is 5.95. The van der Waals surface area contributed by atoms with Gasteiger partial charge in [-0.3, -0.25) is 0 Å². The summed E-state index contributed by atoms with van der Waals surface area (Å²) < 4.78 is 0. The molecule has 0 saturated heterocycles. The second kappa shape index (κ2) is 6.13. The zero-order valence-electron chi connectivity index (χ0n) is 10.4. The van der Waals surface area contributed by atoms with Crippen LogP contribution in [0.4, 0.5) is 11.4 Å². The average molecular weight is 236 g/mol. The van der Waals surface area contributed by atoms with Crippen LogP contribution in [-0.4, -0.2) is 24.2 Å². The molecule has 4 nitrogen and oxygen atoms in total. The Morgan fingerprint density at radius 3 is 2.65 bits per heavy atom. The molecule has 1 aromatic rings. The molecule has 94 valence electrons. The number of anilines is 2. The van der Waals surface area contributed by atoms with E-state index in [4.69, 9.17) is 10.8 Å². The molecule has 0 spiro atoms. The van der Waals surface area contributed by atoms with Crippen molar-refractivity contribution < 1.29 is 9.90 Å². The Labute approximate surface area is 102 Å². The van der Waals surface area contributed by atoms with Crippen molar-refractivity contribution in [2.45, 2.75) is 26.7 Å². The molecule has 1 rings (SSSR count). The number of hydrogen-bond acceptors (Lipinski definition) is 3. The largest absolute Gasteiger partial charge is 0.478 e. The summed E-state index contributed by atoms with van der Waals surface area (Å²) in [5.74, 6) is -0.907. The molecule has 0 saturated carbocycles. The van der Waals surface area contributed by atoms with Gasteiger partial charge in [-0.2, -0.15) is 0 Å². The lowest BCUT2D eigenvalue weighted by atomic mass is 10.1. The lowest BCUT2D eigenvalue weighted by Gasteiger charge is -2.24. The van der Waals surface area contributed by atoms with Crippen LogP contribution in [0.15, 0.2) is 18.2 Å². The highest BCUT2D eigenvalue weighted by atomic mass is 16.4. The van der Waals surface area contributed by atoms with Crippen molar-refractivity contribution >= 4 is 17.3 Å². The molecule has 0 radical (unpaired) electrons. The SMILES string of the molecule is CCCCN(CC)c1cc(N)ccc1C(=O)O. The van der Waals surface area contributed by atoms with Crippen LogP contribution in [0.5, 0.6) is 0 Å². The monoisotopic (exact) mass is 236 g/mol. The van der Waals surface area contributed by atoms with Crippen molar-refractivity contribution in [3.05, 3.63) is 23.8 Å². The maximum atomic E-state index is 11.2. The fraction of sp³-hybridized carbons (Fsp3) is 0.462. The van der Waals surface area contributed by atoms with Gasteiger partial charge in [-0.1, -0.05) is 13.3 Å². The van der Waals surface area contributed by atoms with E-state index in [2.05, 4.69) is 11.8 Å². The number of hydrogen-bond donors (Lipinski definition) is 2. The minimum Gasteiger partial charge on any atom is -0.478 e. The maximum Gasteiger partial charge on any atom is 0.337 e. The molecule has 0 aliphatic rings. The molecule has 1 aromatic carbocycles. The third kappa shape index (κ3) is 3.37. The summed E-state index contributed by atoms with van der Waals surface area (Å²) in [6, 6.07) is 4.94. The van der Waals surface area contributed by atoms with E-state index in [-0.39, 0.29) is 0 Å². The van der Waals surface area contributed by atoms with Gasteiger partial charge in [0.1, 0.15) is 0 Å². The summed E-state index contributed by atoms with van der Waals surface area (Å²) in [6.07, 6.45) is 2.13. The van der Waals surface area contributed by atoms with Crippen molar-refractivity contribution in [1.29, 1.82) is 0 Å². The number of nitrogens with two attached hydrogens (primary N) is 1. The van der Waals surface area contributed by atoms with E-state index in [0.717, 1.165) is 25.9 Å². The van der Waals surface area contributed by atoms with Gasteiger partial charge in [-0.15, -0.1) is 0 Å². The number of aromatic carboxylic acids is 1. The normalized spacial score (nSPS) is 10.2. The number of carboxylic acids is 1. The van der Waals surface area contributed by atoms with Gasteiger partial charge >= 0.3 is 5.97 Å². The van der Waals surface area contributed by atoms with Crippen LogP contribution in [0.3, 0.4) is 0 Å². The van der Waals surface area contributed by atoms with E-state index < -0.39 is 5.97 Å². The van der Waals surface area contributed by atoms with Gasteiger partial charge in [0.25, 0.3) is 0 Å². The predicted octanol–water partition coefficient (Wildman–Crippen LogP) is 2.59. The Morgan fingerprint density at radius 2 is 2.12 bits per heavy atom. The fourth-order valence-corrected chi connectivity index (χ4v) is 1.79. The molecule has 0 unspecified atom stereocenters. The third-order valence-electron chi connectivity index (χ3n) is 2.76. The van der Waals surface area contributed by atoms with Crippen LogP contribution in [-0.2, 0) is 0 Å². The fourth-order valence-electron chi connectivity index (χ4n) is 1.79. The Hall–Kier alpha value is -1.71. The Balaban J connectivity index is 3.06. The second-order valence-corrected chi connectivity index (χ2v) is 4.01. The number of nitrogen functional groups attached to an aromatic ring is 1. The van der Waals surface area contributed by atoms with E-state index in [1.165, 1.54) is 0 Å². The van der Waals surface area contributed by atoms with Crippen LogP contribution in [0.2, 0.25) is 0 Å². The zero-order chi connectivity index (χ0) is 12.8. The highest BCUT2D eigenvalue weighted by Crippen LogP contribution is 2.24. The van der Waals surface area contributed by atoms with Gasteiger partial charge in [0, 0.05) is 18.8 Å². The van der Waals surface area contributed by atoms with Crippen LogP contribution < -0.4 is 10.6 Å². The molecule has 0 heterocycles. The van der Waals surface area contributed by atoms with Gasteiger partial charge in [0.05, 0.1) is 11.3 Å². The van der Waals surface area contributed by atoms with Gasteiger partial charge in [-0.25, -0.2) is 4.79 Å². The van der Waals surface area contributed by atoms with Crippen molar-refractivity contribution in [3.63, 3.8) is 0 Å². The molecule has 4 heteroatoms. The molecule has 0 aliphatic carbocycles. The minimum atomic E-state index is -0.907. The van der Waals surface area contributed by atoms with Gasteiger partial charge in [0.2, 0.25) is 0 Å². The molecule has 0 amide bonds. The van der Waals surface area contributed by atoms with E-state index in [1.54, 1.807) is 18.2 Å². The summed E-state index contributed by atoms with van der Waals surface area (Å²) in [7, 11) is 0. The Bertz CT molecular complexity index is 391. The van der Waals surface area contributed by atoms with E-state index in [9.17, 15) is 4.79 Å². The number of benzene rings is 1. The summed E-state index contributed by atoms with van der Waals surface area (Å²) in [5, 5.41) is 9.16. The first-order valence-electron chi connectivity index (χ1n) is 5.97. The molecular weight excluding hydrogens is 216 g/mol. The van der Waals surface area contributed by atoms with Crippen molar-refractivity contribution in [1.82, 2.24) is 0 Å². The molecule has 0 aromatic heterocycles. The number of nitrogens with zero attached hydrogens (tertiary/aromatic N) is 1. The van der Waals surface area contributed by atoms with Crippen LogP contribution in [0.25, 0.3) is 0 Å². The van der Waals surface area contributed by atoms with Gasteiger partial charge in [0.15, 0.2) is 0 Å². The summed E-state index contributed by atoms with van der Waals surface area (Å²) >= 11 is 0. The van der Waals surface area contributed by atoms with Crippen molar-refractivity contribution in [3.8, 4) is 0 Å². The van der Waals surface area contributed by atoms with Crippen molar-refractivity contribution in [2.75, 3.05) is 23.7 Å². The predicted molar refractivity (Wildman–Crippen MR) is 70.6 cm³/mol. The number of unbranched alkanes of at least 4 members (excludes halogenated alkanes) is 1. The second-order valence-electron chi connectivity index (χ2n) is 4.01. The first-order chi connectivity index (χ1) is 8.10. The van der Waals surface area contributed by atoms with Crippen LogP contribution in [0.1, 0.15) is 37.0 Å². The molecule has 0 fully saturated rings. The number of carbonyl (C=O) groups is 1. The lowest BCUT2D eigenvalue weighted by Crippen LogP contribution is -2.26. The summed E-state index contributed by atoms with van der Waals surface area (Å²) in [4.78, 5) is 13.2.